The van der Waals surface area contributed by atoms with Crippen LogP contribution in [0.3, 0.4) is 0 Å². The highest BCUT2D eigenvalue weighted by molar-refractivity contribution is 7.16. The van der Waals surface area contributed by atoms with Crippen LogP contribution in [0, 0.1) is 5.82 Å². The zero-order valence-electron chi connectivity index (χ0n) is 17.4. The Balaban J connectivity index is 1.46. The molecule has 0 saturated carbocycles. The monoisotopic (exact) mass is 440 g/mol. The van der Waals surface area contributed by atoms with Crippen molar-refractivity contribution >= 4 is 39.2 Å². The first-order valence-electron chi connectivity index (χ1n) is 10.3. The number of para-hydroxylation sites is 1. The normalized spacial score (nSPS) is 16.5. The zero-order chi connectivity index (χ0) is 22.0. The van der Waals surface area contributed by atoms with E-state index in [-0.39, 0.29) is 23.7 Å². The molecule has 8 heteroatoms. The number of amides is 3. The van der Waals surface area contributed by atoms with Crippen LogP contribution in [-0.2, 0) is 6.54 Å². The lowest BCUT2D eigenvalue weighted by molar-refractivity contribution is 0.0582. The topological polar surface area (TPSA) is 57.6 Å². The number of carbonyl (C=O) groups is 2. The summed E-state index contributed by atoms with van der Waals surface area (Å²) < 4.78 is 15.9. The number of allylic oxidation sites excluding steroid dienone is 1. The van der Waals surface area contributed by atoms with Crippen LogP contribution in [0.15, 0.2) is 54.4 Å². The molecule has 3 amide bonds. The van der Waals surface area contributed by atoms with Gasteiger partial charge in [0, 0.05) is 37.6 Å². The molecule has 1 aromatic carbocycles. The molecule has 0 spiro atoms. The van der Waals surface area contributed by atoms with Crippen molar-refractivity contribution in [2.75, 3.05) is 25.0 Å². The van der Waals surface area contributed by atoms with Gasteiger partial charge in [-0.1, -0.05) is 18.2 Å². The van der Waals surface area contributed by atoms with Crippen LogP contribution in [0.25, 0.3) is 10.2 Å². The lowest BCUT2D eigenvalue weighted by atomic mass is 10.2. The second kappa shape index (κ2) is 8.93. The van der Waals surface area contributed by atoms with Crippen LogP contribution in [-0.4, -0.2) is 52.0 Å². The SMILES string of the molecule is C=CCCn1c(C(=O)N2CCN(C(=O)Nc3ccccc3F)C(C)C2)cc2ccsc21. The average Bonchev–Trinajstić information content (AvgIpc) is 3.35. The molecule has 3 aromatic rings. The van der Waals surface area contributed by atoms with Crippen LogP contribution < -0.4 is 5.32 Å². The largest absolute Gasteiger partial charge is 0.334 e. The molecule has 3 heterocycles. The summed E-state index contributed by atoms with van der Waals surface area (Å²) in [4.78, 5) is 30.5. The van der Waals surface area contributed by atoms with Gasteiger partial charge in [-0.05, 0) is 43.0 Å². The lowest BCUT2D eigenvalue weighted by Gasteiger charge is -2.39. The quantitative estimate of drug-likeness (QED) is 0.580. The van der Waals surface area contributed by atoms with Crippen molar-refractivity contribution in [3.63, 3.8) is 0 Å². The van der Waals surface area contributed by atoms with Gasteiger partial charge in [0.15, 0.2) is 0 Å². The Kier molecular flexibility index (Phi) is 6.08. The minimum absolute atomic E-state index is 0.0338. The highest BCUT2D eigenvalue weighted by Gasteiger charge is 2.32. The Morgan fingerprint density at radius 2 is 2.10 bits per heavy atom. The third-order valence-corrected chi connectivity index (χ3v) is 6.52. The number of rotatable bonds is 5. The summed E-state index contributed by atoms with van der Waals surface area (Å²) in [7, 11) is 0. The van der Waals surface area contributed by atoms with Gasteiger partial charge in [0.1, 0.15) is 16.3 Å². The molecule has 1 aliphatic heterocycles. The van der Waals surface area contributed by atoms with E-state index in [4.69, 9.17) is 0 Å². The number of aryl methyl sites for hydroxylation is 1. The van der Waals surface area contributed by atoms with E-state index in [0.717, 1.165) is 16.6 Å². The Morgan fingerprint density at radius 3 is 2.84 bits per heavy atom. The van der Waals surface area contributed by atoms with E-state index in [1.807, 2.05) is 30.5 Å². The van der Waals surface area contributed by atoms with Crippen LogP contribution in [0.1, 0.15) is 23.8 Å². The molecule has 1 N–H and O–H groups in total. The van der Waals surface area contributed by atoms with Crippen molar-refractivity contribution in [1.29, 1.82) is 0 Å². The molecule has 0 radical (unpaired) electrons. The van der Waals surface area contributed by atoms with E-state index < -0.39 is 5.82 Å². The van der Waals surface area contributed by atoms with Crippen molar-refractivity contribution in [3.05, 3.63) is 65.9 Å². The van der Waals surface area contributed by atoms with Crippen LogP contribution >= 0.6 is 11.3 Å². The van der Waals surface area contributed by atoms with Gasteiger partial charge in [-0.15, -0.1) is 17.9 Å². The molecule has 162 valence electrons. The summed E-state index contributed by atoms with van der Waals surface area (Å²) in [6.07, 6.45) is 2.63. The van der Waals surface area contributed by atoms with E-state index in [1.165, 1.54) is 12.1 Å². The number of halogens is 1. The van der Waals surface area contributed by atoms with Crippen LogP contribution in [0.4, 0.5) is 14.9 Å². The van der Waals surface area contributed by atoms with E-state index in [9.17, 15) is 14.0 Å². The van der Waals surface area contributed by atoms with Crippen molar-refractivity contribution in [1.82, 2.24) is 14.4 Å². The van der Waals surface area contributed by atoms with Crippen molar-refractivity contribution in [2.24, 2.45) is 0 Å². The van der Waals surface area contributed by atoms with Gasteiger partial charge in [0.05, 0.1) is 5.69 Å². The van der Waals surface area contributed by atoms with E-state index in [2.05, 4.69) is 16.5 Å². The Morgan fingerprint density at radius 1 is 1.29 bits per heavy atom. The number of hydrogen-bond donors (Lipinski definition) is 1. The van der Waals surface area contributed by atoms with Gasteiger partial charge in [0.25, 0.3) is 5.91 Å². The second-order valence-corrected chi connectivity index (χ2v) is 8.54. The molecule has 1 fully saturated rings. The summed E-state index contributed by atoms with van der Waals surface area (Å²) in [5, 5.41) is 5.72. The Hall–Kier alpha value is -3.13. The fourth-order valence-electron chi connectivity index (χ4n) is 3.95. The molecule has 1 saturated heterocycles. The molecule has 2 aromatic heterocycles. The Labute approximate surface area is 184 Å². The predicted molar refractivity (Wildman–Crippen MR) is 122 cm³/mol. The minimum Gasteiger partial charge on any atom is -0.334 e. The number of anilines is 1. The Bertz CT molecular complexity index is 1120. The second-order valence-electron chi connectivity index (χ2n) is 7.64. The fraction of sp³-hybridized carbons (Fsp3) is 0.304. The molecule has 0 aliphatic carbocycles. The number of benzene rings is 1. The van der Waals surface area contributed by atoms with E-state index >= 15 is 0 Å². The maximum Gasteiger partial charge on any atom is 0.322 e. The molecule has 1 atom stereocenters. The highest BCUT2D eigenvalue weighted by Crippen LogP contribution is 2.27. The molecular weight excluding hydrogens is 415 g/mol. The zero-order valence-corrected chi connectivity index (χ0v) is 18.2. The fourth-order valence-corrected chi connectivity index (χ4v) is 4.87. The van der Waals surface area contributed by atoms with Crippen LogP contribution in [0.5, 0.6) is 0 Å². The predicted octanol–water partition coefficient (Wildman–Crippen LogP) is 4.80. The summed E-state index contributed by atoms with van der Waals surface area (Å²) in [6.45, 7) is 7.62. The number of aromatic nitrogens is 1. The van der Waals surface area contributed by atoms with Crippen molar-refractivity contribution in [3.8, 4) is 0 Å². The molecule has 4 rings (SSSR count). The number of nitrogens with one attached hydrogen (secondary N) is 1. The average molecular weight is 441 g/mol. The lowest BCUT2D eigenvalue weighted by Crippen LogP contribution is -2.56. The summed E-state index contributed by atoms with van der Waals surface area (Å²) in [6, 6.07) is 9.50. The molecular formula is C23H25FN4O2S. The molecule has 1 unspecified atom stereocenters. The highest BCUT2D eigenvalue weighted by atomic mass is 32.1. The van der Waals surface area contributed by atoms with Gasteiger partial charge in [-0.2, -0.15) is 0 Å². The first kappa shape index (κ1) is 21.1. The van der Waals surface area contributed by atoms with E-state index in [0.29, 0.717) is 31.9 Å². The number of fused-ring (bicyclic) bond motifs is 1. The van der Waals surface area contributed by atoms with Crippen molar-refractivity contribution < 1.29 is 14.0 Å². The molecule has 0 bridgehead atoms. The van der Waals surface area contributed by atoms with Gasteiger partial charge < -0.3 is 19.7 Å². The van der Waals surface area contributed by atoms with E-state index in [1.54, 1.807) is 33.3 Å². The molecule has 6 nitrogen and oxygen atoms in total. The number of hydrogen-bond acceptors (Lipinski definition) is 3. The maximum absolute atomic E-state index is 13.9. The molecule has 1 aliphatic rings. The number of piperazine rings is 1. The smallest absolute Gasteiger partial charge is 0.322 e. The minimum atomic E-state index is -0.474. The number of carbonyl (C=O) groups excluding carboxylic acids is 2. The van der Waals surface area contributed by atoms with Gasteiger partial charge in [-0.3, -0.25) is 4.79 Å². The summed E-state index contributed by atoms with van der Waals surface area (Å²) in [5.41, 5.74) is 0.818. The third-order valence-electron chi connectivity index (χ3n) is 5.57. The standard InChI is InChI=1S/C23H25FN4O2S/c1-3-4-10-28-20(14-17-9-13-31-22(17)28)21(29)26-11-12-27(16(2)15-26)23(30)25-19-8-6-5-7-18(19)24/h3,5-9,13-14,16H,1,4,10-12,15H2,2H3,(H,25,30). The first-order valence-corrected chi connectivity index (χ1v) is 11.2. The molecule has 31 heavy (non-hydrogen) atoms. The van der Waals surface area contributed by atoms with Gasteiger partial charge in [0.2, 0.25) is 0 Å². The number of nitrogens with zero attached hydrogens (tertiary/aromatic N) is 3. The number of urea groups is 1. The van der Waals surface area contributed by atoms with Crippen molar-refractivity contribution in [2.45, 2.75) is 25.9 Å². The van der Waals surface area contributed by atoms with Crippen LogP contribution in [0.2, 0.25) is 0 Å². The maximum atomic E-state index is 13.9. The first-order chi connectivity index (χ1) is 15.0. The summed E-state index contributed by atoms with van der Waals surface area (Å²) >= 11 is 1.62. The number of thiophene rings is 1. The van der Waals surface area contributed by atoms with Gasteiger partial charge in [-0.25, -0.2) is 9.18 Å². The summed E-state index contributed by atoms with van der Waals surface area (Å²) in [5.74, 6) is -0.508. The van der Waals surface area contributed by atoms with Gasteiger partial charge >= 0.3 is 6.03 Å². The third kappa shape index (κ3) is 4.20.